The number of methoxy groups -OCH3 is 1. The van der Waals surface area contributed by atoms with Gasteiger partial charge in [-0.3, -0.25) is 4.79 Å². The van der Waals surface area contributed by atoms with Crippen molar-refractivity contribution in [3.05, 3.63) is 81.7 Å². The Balaban J connectivity index is 1.78. The first-order valence-electron chi connectivity index (χ1n) is 11.1. The highest BCUT2D eigenvalue weighted by Crippen LogP contribution is 2.34. The fraction of sp³-hybridized carbons (Fsp3) is 0.250. The molecular weight excluding hydrogens is 444 g/mol. The molecule has 174 valence electrons. The number of nitrogens with zero attached hydrogens (tertiary/aromatic N) is 1. The van der Waals surface area contributed by atoms with Gasteiger partial charge in [-0.1, -0.05) is 63.2 Å². The molecule has 0 bridgehead atoms. The minimum atomic E-state index is -0.462. The highest BCUT2D eigenvalue weighted by Gasteiger charge is 2.23. The highest BCUT2D eigenvalue weighted by atomic mass is 32.1. The predicted molar refractivity (Wildman–Crippen MR) is 139 cm³/mol. The molecule has 0 unspecified atom stereocenters. The van der Waals surface area contributed by atoms with Crippen LogP contribution in [0.25, 0.3) is 22.2 Å². The molecule has 0 saturated heterocycles. The van der Waals surface area contributed by atoms with Crippen molar-refractivity contribution in [1.82, 2.24) is 4.98 Å². The van der Waals surface area contributed by atoms with Crippen LogP contribution in [0.5, 0.6) is 0 Å². The summed E-state index contributed by atoms with van der Waals surface area (Å²) in [5.41, 5.74) is 5.38. The molecule has 4 rings (SSSR count). The number of rotatable bonds is 4. The van der Waals surface area contributed by atoms with Crippen molar-refractivity contribution in [3.8, 4) is 11.3 Å². The Hall–Kier alpha value is -3.51. The SMILES string of the molecule is COC(=O)c1c(NC(=O)c2cc(-c3ccc(C(C)(C)C)cc3)nc3ccccc23)sc(C)c1C. The molecule has 4 aromatic rings. The minimum Gasteiger partial charge on any atom is -0.465 e. The fourth-order valence-corrected chi connectivity index (χ4v) is 4.93. The standard InChI is InChI=1S/C28H28N2O3S/c1-16-17(2)34-26(24(16)27(32)33-6)30-25(31)21-15-23(29-22-10-8-7-9-20(21)22)18-11-13-19(14-12-18)28(3,4)5/h7-15H,1-6H3,(H,30,31). The Morgan fingerprint density at radius 3 is 2.32 bits per heavy atom. The van der Waals surface area contributed by atoms with Gasteiger partial charge in [-0.15, -0.1) is 11.3 Å². The molecule has 0 spiro atoms. The second-order valence-electron chi connectivity index (χ2n) is 9.33. The molecule has 0 aliphatic carbocycles. The number of aromatic nitrogens is 1. The van der Waals surface area contributed by atoms with E-state index in [-0.39, 0.29) is 11.3 Å². The van der Waals surface area contributed by atoms with Gasteiger partial charge in [-0.05, 0) is 42.5 Å². The number of esters is 1. The summed E-state index contributed by atoms with van der Waals surface area (Å²) in [7, 11) is 1.34. The molecule has 0 atom stereocenters. The molecule has 0 fully saturated rings. The summed E-state index contributed by atoms with van der Waals surface area (Å²) >= 11 is 1.37. The van der Waals surface area contributed by atoms with Gasteiger partial charge < -0.3 is 10.1 Å². The number of benzene rings is 2. The maximum Gasteiger partial charge on any atom is 0.341 e. The Morgan fingerprint density at radius 1 is 1.00 bits per heavy atom. The van der Waals surface area contributed by atoms with Crippen molar-refractivity contribution in [3.63, 3.8) is 0 Å². The number of fused-ring (bicyclic) bond motifs is 1. The van der Waals surface area contributed by atoms with Gasteiger partial charge in [0.15, 0.2) is 0 Å². The van der Waals surface area contributed by atoms with Crippen molar-refractivity contribution < 1.29 is 14.3 Å². The van der Waals surface area contributed by atoms with Crippen LogP contribution in [0.4, 0.5) is 5.00 Å². The van der Waals surface area contributed by atoms with Crippen molar-refractivity contribution in [1.29, 1.82) is 0 Å². The van der Waals surface area contributed by atoms with E-state index in [0.29, 0.717) is 16.1 Å². The average Bonchev–Trinajstić information content (AvgIpc) is 3.09. The van der Waals surface area contributed by atoms with E-state index in [1.807, 2.05) is 56.3 Å². The summed E-state index contributed by atoms with van der Waals surface area (Å²) in [6, 6.07) is 17.7. The number of amides is 1. The van der Waals surface area contributed by atoms with Crippen molar-refractivity contribution in [2.45, 2.75) is 40.0 Å². The van der Waals surface area contributed by atoms with Gasteiger partial charge in [0.05, 0.1) is 29.4 Å². The van der Waals surface area contributed by atoms with E-state index in [1.54, 1.807) is 0 Å². The van der Waals surface area contributed by atoms with Gasteiger partial charge in [-0.25, -0.2) is 9.78 Å². The number of hydrogen-bond donors (Lipinski definition) is 1. The number of thiophene rings is 1. The lowest BCUT2D eigenvalue weighted by Crippen LogP contribution is -2.15. The molecule has 0 saturated carbocycles. The molecule has 5 nitrogen and oxygen atoms in total. The van der Waals surface area contributed by atoms with Gasteiger partial charge >= 0.3 is 5.97 Å². The summed E-state index contributed by atoms with van der Waals surface area (Å²) in [5, 5.41) is 4.19. The largest absolute Gasteiger partial charge is 0.465 e. The van der Waals surface area contributed by atoms with E-state index in [1.165, 1.54) is 24.0 Å². The molecule has 0 aliphatic heterocycles. The van der Waals surface area contributed by atoms with Gasteiger partial charge in [0.25, 0.3) is 5.91 Å². The zero-order valence-corrected chi connectivity index (χ0v) is 21.1. The molecule has 2 aromatic heterocycles. The minimum absolute atomic E-state index is 0.0503. The summed E-state index contributed by atoms with van der Waals surface area (Å²) < 4.78 is 4.95. The Kier molecular flexibility index (Phi) is 6.28. The topological polar surface area (TPSA) is 68.3 Å². The Morgan fingerprint density at radius 2 is 1.68 bits per heavy atom. The number of carbonyl (C=O) groups excluding carboxylic acids is 2. The van der Waals surface area contributed by atoms with Gasteiger partial charge in [-0.2, -0.15) is 0 Å². The number of aryl methyl sites for hydroxylation is 1. The van der Waals surface area contributed by atoms with Gasteiger partial charge in [0, 0.05) is 15.8 Å². The fourth-order valence-electron chi connectivity index (χ4n) is 3.89. The molecule has 1 N–H and O–H groups in total. The van der Waals surface area contributed by atoms with Gasteiger partial charge in [0.1, 0.15) is 5.00 Å². The van der Waals surface area contributed by atoms with Crippen LogP contribution < -0.4 is 5.32 Å². The molecule has 2 aromatic carbocycles. The first-order chi connectivity index (χ1) is 16.1. The van der Waals surface area contributed by atoms with Crippen LogP contribution in [0.2, 0.25) is 0 Å². The number of anilines is 1. The zero-order valence-electron chi connectivity index (χ0n) is 20.3. The van der Waals surface area contributed by atoms with E-state index in [2.05, 4.69) is 38.2 Å². The Labute approximate surface area is 203 Å². The summed E-state index contributed by atoms with van der Waals surface area (Å²) in [6.45, 7) is 10.3. The number of ether oxygens (including phenoxy) is 1. The molecule has 0 radical (unpaired) electrons. The van der Waals surface area contributed by atoms with Crippen molar-refractivity contribution >= 4 is 39.1 Å². The average molecular weight is 473 g/mol. The maximum absolute atomic E-state index is 13.5. The first-order valence-corrected chi connectivity index (χ1v) is 11.9. The second-order valence-corrected chi connectivity index (χ2v) is 10.6. The molecular formula is C28H28N2O3S. The maximum atomic E-state index is 13.5. The van der Waals surface area contributed by atoms with Gasteiger partial charge in [0.2, 0.25) is 0 Å². The van der Waals surface area contributed by atoms with E-state index < -0.39 is 5.97 Å². The van der Waals surface area contributed by atoms with E-state index in [9.17, 15) is 9.59 Å². The zero-order chi connectivity index (χ0) is 24.6. The number of hydrogen-bond acceptors (Lipinski definition) is 5. The third kappa shape index (κ3) is 4.46. The van der Waals surface area contributed by atoms with Crippen LogP contribution >= 0.6 is 11.3 Å². The smallest absolute Gasteiger partial charge is 0.341 e. The predicted octanol–water partition coefficient (Wildman–Crippen LogP) is 6.92. The highest BCUT2D eigenvalue weighted by molar-refractivity contribution is 7.16. The van der Waals surface area contributed by atoms with Crippen LogP contribution in [0, 0.1) is 13.8 Å². The van der Waals surface area contributed by atoms with Crippen molar-refractivity contribution in [2.75, 3.05) is 12.4 Å². The third-order valence-corrected chi connectivity index (χ3v) is 7.13. The monoisotopic (exact) mass is 472 g/mol. The third-order valence-electron chi connectivity index (χ3n) is 6.01. The Bertz CT molecular complexity index is 1400. The molecule has 0 aliphatic rings. The van der Waals surface area contributed by atoms with E-state index >= 15 is 0 Å². The molecule has 34 heavy (non-hydrogen) atoms. The van der Waals surface area contributed by atoms with Crippen LogP contribution in [-0.2, 0) is 10.2 Å². The normalized spacial score (nSPS) is 11.5. The van der Waals surface area contributed by atoms with Crippen molar-refractivity contribution in [2.24, 2.45) is 0 Å². The lowest BCUT2D eigenvalue weighted by Gasteiger charge is -2.19. The van der Waals surface area contributed by atoms with Crippen LogP contribution in [0.15, 0.2) is 54.6 Å². The summed E-state index contributed by atoms with van der Waals surface area (Å²) in [6.07, 6.45) is 0. The van der Waals surface area contributed by atoms with E-state index in [4.69, 9.17) is 9.72 Å². The molecule has 1 amide bonds. The molecule has 2 heterocycles. The van der Waals surface area contributed by atoms with Crippen LogP contribution in [-0.4, -0.2) is 24.0 Å². The second kappa shape index (κ2) is 9.03. The summed E-state index contributed by atoms with van der Waals surface area (Å²) in [5.74, 6) is -0.756. The number of nitrogens with one attached hydrogen (secondary N) is 1. The lowest BCUT2D eigenvalue weighted by molar-refractivity contribution is 0.0601. The summed E-state index contributed by atoms with van der Waals surface area (Å²) in [4.78, 5) is 31.6. The lowest BCUT2D eigenvalue weighted by atomic mass is 9.86. The molecule has 6 heteroatoms. The van der Waals surface area contributed by atoms with Crippen LogP contribution in [0.1, 0.15) is 57.5 Å². The number of para-hydroxylation sites is 1. The number of pyridine rings is 1. The van der Waals surface area contributed by atoms with E-state index in [0.717, 1.165) is 32.6 Å². The van der Waals surface area contributed by atoms with Crippen LogP contribution in [0.3, 0.4) is 0 Å². The number of carbonyl (C=O) groups is 2. The quantitative estimate of drug-likeness (QED) is 0.328. The first kappa shape index (κ1) is 23.6.